The minimum atomic E-state index is 0. The molecule has 1 aliphatic rings. The van der Waals surface area contributed by atoms with Gasteiger partial charge in [-0.1, -0.05) is 13.8 Å². The first-order chi connectivity index (χ1) is 9.24. The Morgan fingerprint density at radius 1 is 1.29 bits per heavy atom. The molecule has 0 radical (unpaired) electrons. The van der Waals surface area contributed by atoms with Crippen molar-refractivity contribution < 1.29 is 4.74 Å². The van der Waals surface area contributed by atoms with Crippen molar-refractivity contribution in [2.45, 2.75) is 26.9 Å². The zero-order valence-electron chi connectivity index (χ0n) is 13.0. The van der Waals surface area contributed by atoms with Crippen molar-refractivity contribution in [3.05, 3.63) is 18.0 Å². The summed E-state index contributed by atoms with van der Waals surface area (Å²) >= 11 is 0. The number of nitrogens with one attached hydrogen (secondary N) is 1. The molecule has 7 heteroatoms. The topological polar surface area (TPSA) is 42.3 Å². The molecular weight excluding hydrogens is 311 g/mol. The highest BCUT2D eigenvalue weighted by atomic mass is 35.5. The third kappa shape index (κ3) is 8.02. The van der Waals surface area contributed by atoms with Gasteiger partial charge in [-0.3, -0.25) is 9.58 Å². The van der Waals surface area contributed by atoms with Gasteiger partial charge >= 0.3 is 0 Å². The van der Waals surface area contributed by atoms with Crippen molar-refractivity contribution >= 4 is 24.8 Å². The van der Waals surface area contributed by atoms with Crippen LogP contribution in [-0.2, 0) is 17.8 Å². The fourth-order valence-corrected chi connectivity index (χ4v) is 2.27. The molecule has 1 saturated heterocycles. The van der Waals surface area contributed by atoms with Crippen molar-refractivity contribution in [3.63, 3.8) is 0 Å². The second kappa shape index (κ2) is 11.3. The van der Waals surface area contributed by atoms with E-state index in [-0.39, 0.29) is 24.8 Å². The van der Waals surface area contributed by atoms with Crippen molar-refractivity contribution in [1.82, 2.24) is 20.0 Å². The summed E-state index contributed by atoms with van der Waals surface area (Å²) in [6.45, 7) is 12.3. The van der Waals surface area contributed by atoms with Crippen molar-refractivity contribution in [3.8, 4) is 0 Å². The Balaban J connectivity index is 0.00000200. The van der Waals surface area contributed by atoms with E-state index >= 15 is 0 Å². The normalized spacial score (nSPS) is 15.6. The maximum Gasteiger partial charge on any atom is 0.0594 e. The van der Waals surface area contributed by atoms with Gasteiger partial charge in [-0.25, -0.2) is 0 Å². The van der Waals surface area contributed by atoms with Crippen molar-refractivity contribution in [2.24, 2.45) is 5.92 Å². The van der Waals surface area contributed by atoms with E-state index in [1.54, 1.807) is 0 Å². The Labute approximate surface area is 140 Å². The molecule has 0 atom stereocenters. The van der Waals surface area contributed by atoms with Crippen LogP contribution in [0.15, 0.2) is 12.4 Å². The second-order valence-electron chi connectivity index (χ2n) is 5.60. The Morgan fingerprint density at radius 2 is 2.00 bits per heavy atom. The number of morpholine rings is 1. The minimum Gasteiger partial charge on any atom is -0.379 e. The maximum atomic E-state index is 5.34. The van der Waals surface area contributed by atoms with Gasteiger partial charge in [0.15, 0.2) is 0 Å². The lowest BCUT2D eigenvalue weighted by Crippen LogP contribution is -2.40. The minimum absolute atomic E-state index is 0. The SMILES string of the molecule is CC(C)Cn1cc(CNCCN2CCOCC2)cn1.Cl.Cl. The lowest BCUT2D eigenvalue weighted by molar-refractivity contribution is 0.0384. The van der Waals surface area contributed by atoms with E-state index in [2.05, 4.69) is 35.4 Å². The lowest BCUT2D eigenvalue weighted by atomic mass is 10.2. The lowest BCUT2D eigenvalue weighted by Gasteiger charge is -2.26. The summed E-state index contributed by atoms with van der Waals surface area (Å²) in [7, 11) is 0. The standard InChI is InChI=1S/C14H26N4O.2ClH/c1-13(2)11-18-12-14(10-16-18)9-15-3-4-17-5-7-19-8-6-17;;/h10,12-13,15H,3-9,11H2,1-2H3;2*1H. The van der Waals surface area contributed by atoms with Crippen LogP contribution in [0.1, 0.15) is 19.4 Å². The van der Waals surface area contributed by atoms with Crippen LogP contribution in [0.2, 0.25) is 0 Å². The third-order valence-electron chi connectivity index (χ3n) is 3.28. The van der Waals surface area contributed by atoms with E-state index < -0.39 is 0 Å². The first-order valence-corrected chi connectivity index (χ1v) is 7.26. The highest BCUT2D eigenvalue weighted by Crippen LogP contribution is 2.02. The summed E-state index contributed by atoms with van der Waals surface area (Å²) in [5, 5.41) is 7.85. The predicted octanol–water partition coefficient (Wildman–Crippen LogP) is 1.80. The van der Waals surface area contributed by atoms with Crippen LogP contribution in [0.5, 0.6) is 0 Å². The number of halogens is 2. The van der Waals surface area contributed by atoms with Gasteiger partial charge in [0.2, 0.25) is 0 Å². The molecule has 0 spiro atoms. The first-order valence-electron chi connectivity index (χ1n) is 7.26. The molecular formula is C14H28Cl2N4O. The van der Waals surface area contributed by atoms with E-state index in [0.29, 0.717) is 5.92 Å². The van der Waals surface area contributed by atoms with E-state index in [4.69, 9.17) is 4.74 Å². The van der Waals surface area contributed by atoms with Gasteiger partial charge in [0, 0.05) is 51.0 Å². The molecule has 124 valence electrons. The first kappa shape index (κ1) is 20.7. The van der Waals surface area contributed by atoms with Crippen LogP contribution in [0.25, 0.3) is 0 Å². The van der Waals surface area contributed by atoms with Crippen LogP contribution in [-0.4, -0.2) is 54.1 Å². The number of nitrogens with zero attached hydrogens (tertiary/aromatic N) is 3. The Morgan fingerprint density at radius 3 is 2.67 bits per heavy atom. The quantitative estimate of drug-likeness (QED) is 0.770. The van der Waals surface area contributed by atoms with Gasteiger partial charge < -0.3 is 10.1 Å². The zero-order chi connectivity index (χ0) is 13.5. The van der Waals surface area contributed by atoms with Gasteiger partial charge in [-0.05, 0) is 5.92 Å². The van der Waals surface area contributed by atoms with Crippen LogP contribution >= 0.6 is 24.8 Å². The fraction of sp³-hybridized carbons (Fsp3) is 0.786. The number of aromatic nitrogens is 2. The average molecular weight is 339 g/mol. The van der Waals surface area contributed by atoms with E-state index in [0.717, 1.165) is 52.5 Å². The van der Waals surface area contributed by atoms with Crippen LogP contribution in [0.3, 0.4) is 0 Å². The average Bonchev–Trinajstić information content (AvgIpc) is 2.83. The molecule has 1 aromatic rings. The molecule has 0 saturated carbocycles. The molecule has 1 fully saturated rings. The molecule has 0 aromatic carbocycles. The summed E-state index contributed by atoms with van der Waals surface area (Å²) < 4.78 is 7.37. The van der Waals surface area contributed by atoms with Crippen molar-refractivity contribution in [1.29, 1.82) is 0 Å². The summed E-state index contributed by atoms with van der Waals surface area (Å²) in [6.07, 6.45) is 4.10. The zero-order valence-corrected chi connectivity index (χ0v) is 14.6. The Hall–Kier alpha value is -0.330. The molecule has 2 heterocycles. The van der Waals surface area contributed by atoms with Crippen molar-refractivity contribution in [2.75, 3.05) is 39.4 Å². The van der Waals surface area contributed by atoms with Gasteiger partial charge in [0.1, 0.15) is 0 Å². The molecule has 1 aliphatic heterocycles. The van der Waals surface area contributed by atoms with E-state index in [9.17, 15) is 0 Å². The Bertz CT molecular complexity index is 368. The molecule has 1 N–H and O–H groups in total. The molecule has 2 rings (SSSR count). The highest BCUT2D eigenvalue weighted by molar-refractivity contribution is 5.85. The third-order valence-corrected chi connectivity index (χ3v) is 3.28. The summed E-state index contributed by atoms with van der Waals surface area (Å²) in [5.74, 6) is 0.641. The summed E-state index contributed by atoms with van der Waals surface area (Å²) in [4.78, 5) is 2.44. The molecule has 21 heavy (non-hydrogen) atoms. The summed E-state index contributed by atoms with van der Waals surface area (Å²) in [6, 6.07) is 0. The largest absolute Gasteiger partial charge is 0.379 e. The van der Waals surface area contributed by atoms with Crippen LogP contribution in [0, 0.1) is 5.92 Å². The number of hydrogen-bond acceptors (Lipinski definition) is 4. The van der Waals surface area contributed by atoms with Gasteiger partial charge in [-0.15, -0.1) is 24.8 Å². The predicted molar refractivity (Wildman–Crippen MR) is 90.5 cm³/mol. The molecule has 1 aromatic heterocycles. The van der Waals surface area contributed by atoms with Gasteiger partial charge in [0.05, 0.1) is 19.4 Å². The number of rotatable bonds is 7. The highest BCUT2D eigenvalue weighted by Gasteiger charge is 2.09. The summed E-state index contributed by atoms with van der Waals surface area (Å²) in [5.41, 5.74) is 1.27. The monoisotopic (exact) mass is 338 g/mol. The molecule has 0 bridgehead atoms. The second-order valence-corrected chi connectivity index (χ2v) is 5.60. The molecule has 5 nitrogen and oxygen atoms in total. The molecule has 0 unspecified atom stereocenters. The smallest absolute Gasteiger partial charge is 0.0594 e. The molecule has 0 amide bonds. The van der Waals surface area contributed by atoms with Gasteiger partial charge in [0.25, 0.3) is 0 Å². The fourth-order valence-electron chi connectivity index (χ4n) is 2.27. The number of hydrogen-bond donors (Lipinski definition) is 1. The maximum absolute atomic E-state index is 5.34. The van der Waals surface area contributed by atoms with Crippen LogP contribution in [0.4, 0.5) is 0 Å². The van der Waals surface area contributed by atoms with E-state index in [1.807, 2.05) is 10.9 Å². The molecule has 0 aliphatic carbocycles. The number of ether oxygens (including phenoxy) is 1. The Kier molecular flexibility index (Phi) is 11.1. The van der Waals surface area contributed by atoms with Gasteiger partial charge in [-0.2, -0.15) is 5.10 Å². The van der Waals surface area contributed by atoms with Crippen LogP contribution < -0.4 is 5.32 Å². The van der Waals surface area contributed by atoms with E-state index in [1.165, 1.54) is 5.56 Å².